The summed E-state index contributed by atoms with van der Waals surface area (Å²) in [7, 11) is 0. The molecule has 2 aliphatic rings. The summed E-state index contributed by atoms with van der Waals surface area (Å²) in [6.45, 7) is 2.96. The molecular formula is C18H22F2O5. The summed E-state index contributed by atoms with van der Waals surface area (Å²) < 4.78 is 48.4. The summed E-state index contributed by atoms with van der Waals surface area (Å²) in [5, 5.41) is 0. The Hall–Kier alpha value is -1.57. The van der Waals surface area contributed by atoms with E-state index in [2.05, 4.69) is 0 Å². The van der Waals surface area contributed by atoms with Crippen LogP contribution in [0.5, 0.6) is 5.75 Å². The third-order valence-electron chi connectivity index (χ3n) is 4.55. The van der Waals surface area contributed by atoms with Crippen LogP contribution in [-0.4, -0.2) is 38.2 Å². The van der Waals surface area contributed by atoms with Crippen LogP contribution in [0, 0.1) is 24.5 Å². The van der Waals surface area contributed by atoms with Gasteiger partial charge >= 0.3 is 5.97 Å². The van der Waals surface area contributed by atoms with Crippen molar-refractivity contribution in [2.75, 3.05) is 20.0 Å². The molecule has 1 aromatic carbocycles. The van der Waals surface area contributed by atoms with E-state index in [9.17, 15) is 13.6 Å². The monoisotopic (exact) mass is 356 g/mol. The second kappa shape index (κ2) is 8.21. The predicted octanol–water partition coefficient (Wildman–Crippen LogP) is 3.13. The fourth-order valence-corrected chi connectivity index (χ4v) is 2.85. The second-order valence-electron chi connectivity index (χ2n) is 6.51. The summed E-state index contributed by atoms with van der Waals surface area (Å²) in [6, 6.07) is 2.67. The van der Waals surface area contributed by atoms with E-state index < -0.39 is 17.6 Å². The highest BCUT2D eigenvalue weighted by Gasteiger charge is 2.29. The summed E-state index contributed by atoms with van der Waals surface area (Å²) in [5.74, 6) is -3.32. The van der Waals surface area contributed by atoms with Gasteiger partial charge in [-0.2, -0.15) is 4.39 Å². The molecule has 5 nitrogen and oxygen atoms in total. The average molecular weight is 356 g/mol. The second-order valence-corrected chi connectivity index (χ2v) is 6.51. The first-order valence-electron chi connectivity index (χ1n) is 8.52. The fourth-order valence-electron chi connectivity index (χ4n) is 2.85. The van der Waals surface area contributed by atoms with Gasteiger partial charge in [0, 0.05) is 0 Å². The van der Waals surface area contributed by atoms with Gasteiger partial charge in [-0.3, -0.25) is 4.79 Å². The molecule has 1 aromatic rings. The lowest BCUT2D eigenvalue weighted by Gasteiger charge is -2.27. The molecule has 0 aromatic heterocycles. The van der Waals surface area contributed by atoms with Crippen LogP contribution < -0.4 is 4.74 Å². The Morgan fingerprint density at radius 1 is 1.20 bits per heavy atom. The number of carbonyl (C=O) groups excluding carboxylic acids is 1. The van der Waals surface area contributed by atoms with Crippen LogP contribution in [0.25, 0.3) is 0 Å². The van der Waals surface area contributed by atoms with Gasteiger partial charge < -0.3 is 18.9 Å². The number of hydrogen-bond donors (Lipinski definition) is 0. The van der Waals surface area contributed by atoms with Crippen molar-refractivity contribution in [1.29, 1.82) is 0 Å². The van der Waals surface area contributed by atoms with Crippen LogP contribution >= 0.6 is 0 Å². The molecule has 1 heterocycles. The van der Waals surface area contributed by atoms with Crippen molar-refractivity contribution in [3.63, 3.8) is 0 Å². The Kier molecular flexibility index (Phi) is 5.98. The van der Waals surface area contributed by atoms with Gasteiger partial charge in [0.1, 0.15) is 12.9 Å². The van der Waals surface area contributed by atoms with E-state index in [1.807, 2.05) is 0 Å². The largest absolute Gasteiger partial charge is 0.423 e. The molecule has 0 N–H and O–H groups in total. The van der Waals surface area contributed by atoms with Gasteiger partial charge in [0.05, 0.1) is 25.2 Å². The van der Waals surface area contributed by atoms with Crippen LogP contribution in [0.1, 0.15) is 31.2 Å². The van der Waals surface area contributed by atoms with E-state index in [-0.39, 0.29) is 36.2 Å². The SMILES string of the molecule is Cc1ccc(OC(=O)C2CCC(OCOCC3CO3)CC2)c(F)c1F. The Labute approximate surface area is 145 Å². The summed E-state index contributed by atoms with van der Waals surface area (Å²) in [6.07, 6.45) is 2.83. The molecule has 25 heavy (non-hydrogen) atoms. The Morgan fingerprint density at radius 2 is 1.92 bits per heavy atom. The molecule has 1 aliphatic carbocycles. The Bertz CT molecular complexity index is 610. The third-order valence-corrected chi connectivity index (χ3v) is 4.55. The highest BCUT2D eigenvalue weighted by atomic mass is 19.2. The maximum Gasteiger partial charge on any atom is 0.314 e. The molecular weight excluding hydrogens is 334 g/mol. The zero-order chi connectivity index (χ0) is 17.8. The third kappa shape index (κ3) is 4.96. The minimum Gasteiger partial charge on any atom is -0.423 e. The number of epoxide rings is 1. The normalized spacial score (nSPS) is 25.6. The lowest BCUT2D eigenvalue weighted by atomic mass is 9.87. The first kappa shape index (κ1) is 18.2. The summed E-state index contributed by atoms with van der Waals surface area (Å²) >= 11 is 0. The molecule has 0 spiro atoms. The van der Waals surface area contributed by atoms with Gasteiger partial charge in [0.25, 0.3) is 0 Å². The van der Waals surface area contributed by atoms with Gasteiger partial charge in [-0.1, -0.05) is 6.07 Å². The lowest BCUT2D eigenvalue weighted by molar-refractivity contribution is -0.143. The first-order chi connectivity index (χ1) is 12.0. The summed E-state index contributed by atoms with van der Waals surface area (Å²) in [5.41, 5.74) is 0.172. The molecule has 1 aliphatic heterocycles. The molecule has 2 fully saturated rings. The van der Waals surface area contributed by atoms with Gasteiger partial charge in [0.2, 0.25) is 5.82 Å². The van der Waals surface area contributed by atoms with Crippen molar-refractivity contribution >= 4 is 5.97 Å². The molecule has 1 unspecified atom stereocenters. The zero-order valence-corrected chi connectivity index (χ0v) is 14.1. The Morgan fingerprint density at radius 3 is 2.60 bits per heavy atom. The van der Waals surface area contributed by atoms with Gasteiger partial charge in [-0.05, 0) is 44.2 Å². The van der Waals surface area contributed by atoms with Crippen molar-refractivity contribution in [3.05, 3.63) is 29.3 Å². The number of esters is 1. The van der Waals surface area contributed by atoms with Gasteiger partial charge in [-0.15, -0.1) is 0 Å². The number of benzene rings is 1. The number of hydrogen-bond acceptors (Lipinski definition) is 5. The first-order valence-corrected chi connectivity index (χ1v) is 8.52. The van der Waals surface area contributed by atoms with Crippen LogP contribution in [0.4, 0.5) is 8.78 Å². The number of halogens is 2. The lowest BCUT2D eigenvalue weighted by Crippen LogP contribution is -2.29. The molecule has 0 amide bonds. The summed E-state index contributed by atoms with van der Waals surface area (Å²) in [4.78, 5) is 12.2. The predicted molar refractivity (Wildman–Crippen MR) is 84.1 cm³/mol. The van der Waals surface area contributed by atoms with Gasteiger partial charge in [0.15, 0.2) is 11.6 Å². The van der Waals surface area contributed by atoms with E-state index in [1.165, 1.54) is 19.1 Å². The maximum atomic E-state index is 13.8. The van der Waals surface area contributed by atoms with Crippen LogP contribution in [0.2, 0.25) is 0 Å². The highest BCUT2D eigenvalue weighted by Crippen LogP contribution is 2.29. The van der Waals surface area contributed by atoms with Crippen molar-refractivity contribution < 1.29 is 32.5 Å². The Balaban J connectivity index is 1.41. The number of ether oxygens (including phenoxy) is 4. The molecule has 1 saturated heterocycles. The molecule has 1 saturated carbocycles. The fraction of sp³-hybridized carbons (Fsp3) is 0.611. The van der Waals surface area contributed by atoms with E-state index in [4.69, 9.17) is 18.9 Å². The molecule has 7 heteroatoms. The number of carbonyl (C=O) groups is 1. The minimum atomic E-state index is -1.12. The van der Waals surface area contributed by atoms with Crippen LogP contribution in [-0.2, 0) is 19.0 Å². The topological polar surface area (TPSA) is 57.3 Å². The van der Waals surface area contributed by atoms with Crippen LogP contribution in [0.3, 0.4) is 0 Å². The van der Waals surface area contributed by atoms with Crippen LogP contribution in [0.15, 0.2) is 12.1 Å². The number of aryl methyl sites for hydroxylation is 1. The molecule has 138 valence electrons. The minimum absolute atomic E-state index is 0.0396. The standard InChI is InChI=1S/C18H22F2O5/c1-11-2-7-15(17(20)16(11)19)25-18(21)12-3-5-13(6-4-12)24-10-22-8-14-9-23-14/h2,7,12-14H,3-6,8-10H2,1H3. The van der Waals surface area contributed by atoms with E-state index in [0.717, 1.165) is 6.61 Å². The highest BCUT2D eigenvalue weighted by molar-refractivity contribution is 5.75. The zero-order valence-electron chi connectivity index (χ0n) is 14.1. The quantitative estimate of drug-likeness (QED) is 0.247. The molecule has 0 bridgehead atoms. The average Bonchev–Trinajstić information content (AvgIpc) is 3.44. The van der Waals surface area contributed by atoms with E-state index in [0.29, 0.717) is 32.3 Å². The van der Waals surface area contributed by atoms with Gasteiger partial charge in [-0.25, -0.2) is 4.39 Å². The maximum absolute atomic E-state index is 13.8. The van der Waals surface area contributed by atoms with E-state index >= 15 is 0 Å². The van der Waals surface area contributed by atoms with Crippen molar-refractivity contribution in [1.82, 2.24) is 0 Å². The number of rotatable bonds is 7. The molecule has 3 rings (SSSR count). The molecule has 1 atom stereocenters. The molecule has 0 radical (unpaired) electrons. The van der Waals surface area contributed by atoms with Crippen molar-refractivity contribution in [2.24, 2.45) is 5.92 Å². The van der Waals surface area contributed by atoms with Crippen molar-refractivity contribution in [3.8, 4) is 5.75 Å². The smallest absolute Gasteiger partial charge is 0.314 e. The van der Waals surface area contributed by atoms with Crippen molar-refractivity contribution in [2.45, 2.75) is 44.8 Å². The van der Waals surface area contributed by atoms with E-state index in [1.54, 1.807) is 0 Å².